The molecule has 6 nitrogen and oxygen atoms in total. The highest BCUT2D eigenvalue weighted by Gasteiger charge is 2.18. The van der Waals surface area contributed by atoms with Crippen LogP contribution < -0.4 is 20.1 Å². The normalized spacial score (nSPS) is 13.0. The maximum atomic E-state index is 12.6. The Morgan fingerprint density at radius 3 is 2.69 bits per heavy atom. The van der Waals surface area contributed by atoms with Crippen LogP contribution in [0.2, 0.25) is 5.02 Å². The van der Waals surface area contributed by atoms with Crippen molar-refractivity contribution >= 4 is 29.1 Å². The monoisotopic (exact) mass is 416 g/mol. The first-order valence-corrected chi connectivity index (χ1v) is 10.1. The molecule has 0 unspecified atom stereocenters. The highest BCUT2D eigenvalue weighted by molar-refractivity contribution is 6.32. The van der Waals surface area contributed by atoms with E-state index in [0.717, 1.165) is 6.42 Å². The highest BCUT2D eigenvalue weighted by Crippen LogP contribution is 2.38. The molecule has 0 bridgehead atoms. The fourth-order valence-corrected chi connectivity index (χ4v) is 3.24. The summed E-state index contributed by atoms with van der Waals surface area (Å²) < 4.78 is 11.3. The predicted octanol–water partition coefficient (Wildman–Crippen LogP) is 4.07. The van der Waals surface area contributed by atoms with Crippen molar-refractivity contribution in [2.24, 2.45) is 5.92 Å². The molecule has 0 saturated heterocycles. The molecule has 0 spiro atoms. The molecule has 0 fully saturated rings. The molecule has 3 rings (SSSR count). The maximum absolute atomic E-state index is 12.6. The summed E-state index contributed by atoms with van der Waals surface area (Å²) in [5, 5.41) is 6.11. The van der Waals surface area contributed by atoms with Crippen LogP contribution in [-0.4, -0.2) is 31.6 Å². The third-order valence-corrected chi connectivity index (χ3v) is 4.62. The molecule has 2 aromatic carbocycles. The standard InChI is InChI=1S/C22H25ClN2O4/c1-14(2)13-24-22(27)16-6-3-4-7-18(16)25-20(26)12-15-10-17(23)21-19(11-15)28-8-5-9-29-21/h3-4,6-7,10-11,14H,5,8-9,12-13H2,1-2H3,(H,24,27)(H,25,26). The Bertz CT molecular complexity index is 898. The van der Waals surface area contributed by atoms with Gasteiger partial charge in [-0.3, -0.25) is 9.59 Å². The lowest BCUT2D eigenvalue weighted by molar-refractivity contribution is -0.115. The van der Waals surface area contributed by atoms with Crippen molar-refractivity contribution in [1.29, 1.82) is 0 Å². The van der Waals surface area contributed by atoms with E-state index in [1.54, 1.807) is 36.4 Å². The number of anilines is 1. The van der Waals surface area contributed by atoms with Crippen LogP contribution in [0.1, 0.15) is 36.2 Å². The van der Waals surface area contributed by atoms with Gasteiger partial charge >= 0.3 is 0 Å². The molecule has 1 aliphatic rings. The highest BCUT2D eigenvalue weighted by atomic mass is 35.5. The summed E-state index contributed by atoms with van der Waals surface area (Å²) in [6, 6.07) is 10.4. The van der Waals surface area contributed by atoms with Gasteiger partial charge in [-0.05, 0) is 35.7 Å². The van der Waals surface area contributed by atoms with Crippen LogP contribution in [-0.2, 0) is 11.2 Å². The zero-order valence-electron chi connectivity index (χ0n) is 16.6. The number of carbonyl (C=O) groups excluding carboxylic acids is 2. The van der Waals surface area contributed by atoms with E-state index in [1.165, 1.54) is 0 Å². The largest absolute Gasteiger partial charge is 0.489 e. The molecule has 7 heteroatoms. The van der Waals surface area contributed by atoms with E-state index in [0.29, 0.717) is 59.0 Å². The van der Waals surface area contributed by atoms with E-state index in [1.807, 2.05) is 13.8 Å². The van der Waals surface area contributed by atoms with Gasteiger partial charge < -0.3 is 20.1 Å². The average Bonchev–Trinajstić information content (AvgIpc) is 2.92. The average molecular weight is 417 g/mol. The van der Waals surface area contributed by atoms with Gasteiger partial charge in [-0.25, -0.2) is 0 Å². The molecule has 0 radical (unpaired) electrons. The van der Waals surface area contributed by atoms with Gasteiger partial charge in [-0.1, -0.05) is 37.6 Å². The first kappa shape index (κ1) is 21.0. The molecular weight excluding hydrogens is 392 g/mol. The second kappa shape index (κ2) is 9.65. The molecule has 2 N–H and O–H groups in total. The van der Waals surface area contributed by atoms with Crippen LogP contribution in [0, 0.1) is 5.92 Å². The van der Waals surface area contributed by atoms with Crippen LogP contribution in [0.3, 0.4) is 0 Å². The Hall–Kier alpha value is -2.73. The minimum absolute atomic E-state index is 0.0955. The number of rotatable bonds is 6. The summed E-state index contributed by atoms with van der Waals surface area (Å²) in [4.78, 5) is 25.0. The third kappa shape index (κ3) is 5.64. The van der Waals surface area contributed by atoms with Crippen LogP contribution in [0.25, 0.3) is 0 Å². The van der Waals surface area contributed by atoms with Gasteiger partial charge in [0.2, 0.25) is 5.91 Å². The summed E-state index contributed by atoms with van der Waals surface area (Å²) >= 11 is 6.30. The quantitative estimate of drug-likeness (QED) is 0.744. The van der Waals surface area contributed by atoms with E-state index in [9.17, 15) is 9.59 Å². The lowest BCUT2D eigenvalue weighted by Crippen LogP contribution is -2.28. The number of nitrogens with one attached hydrogen (secondary N) is 2. The fourth-order valence-electron chi connectivity index (χ4n) is 2.95. The van der Waals surface area contributed by atoms with E-state index in [-0.39, 0.29) is 18.2 Å². The molecule has 2 amide bonds. The molecular formula is C22H25ClN2O4. The molecule has 0 aromatic heterocycles. The minimum Gasteiger partial charge on any atom is -0.489 e. The third-order valence-electron chi connectivity index (χ3n) is 4.34. The molecule has 29 heavy (non-hydrogen) atoms. The smallest absolute Gasteiger partial charge is 0.253 e. The van der Waals surface area contributed by atoms with Crippen molar-refractivity contribution < 1.29 is 19.1 Å². The van der Waals surface area contributed by atoms with Gasteiger partial charge in [0.05, 0.1) is 35.9 Å². The molecule has 1 aliphatic heterocycles. The number of benzene rings is 2. The van der Waals surface area contributed by atoms with Crippen molar-refractivity contribution in [2.75, 3.05) is 25.1 Å². The first-order valence-electron chi connectivity index (χ1n) is 9.69. The number of hydrogen-bond donors (Lipinski definition) is 2. The van der Waals surface area contributed by atoms with Crippen LogP contribution in [0.5, 0.6) is 11.5 Å². The Kier molecular flexibility index (Phi) is 6.99. The van der Waals surface area contributed by atoms with Crippen molar-refractivity contribution in [3.8, 4) is 11.5 Å². The lowest BCUT2D eigenvalue weighted by Gasteiger charge is -2.14. The summed E-state index contributed by atoms with van der Waals surface area (Å²) in [7, 11) is 0. The summed E-state index contributed by atoms with van der Waals surface area (Å²) in [5.74, 6) is 0.935. The number of ether oxygens (including phenoxy) is 2. The van der Waals surface area contributed by atoms with Crippen molar-refractivity contribution in [3.63, 3.8) is 0 Å². The number of hydrogen-bond acceptors (Lipinski definition) is 4. The number of fused-ring (bicyclic) bond motifs is 1. The first-order chi connectivity index (χ1) is 13.9. The zero-order chi connectivity index (χ0) is 20.8. The van der Waals surface area contributed by atoms with E-state index >= 15 is 0 Å². The minimum atomic E-state index is -0.250. The van der Waals surface area contributed by atoms with Gasteiger partial charge in [0.25, 0.3) is 5.91 Å². The molecule has 0 atom stereocenters. The molecule has 1 heterocycles. The maximum Gasteiger partial charge on any atom is 0.253 e. The second-order valence-corrected chi connectivity index (χ2v) is 7.74. The summed E-state index contributed by atoms with van der Waals surface area (Å²) in [6.45, 7) is 5.69. The van der Waals surface area contributed by atoms with Gasteiger partial charge in [-0.2, -0.15) is 0 Å². The van der Waals surface area contributed by atoms with E-state index in [2.05, 4.69) is 10.6 Å². The Morgan fingerprint density at radius 2 is 1.90 bits per heavy atom. The van der Waals surface area contributed by atoms with Gasteiger partial charge in [-0.15, -0.1) is 0 Å². The number of amides is 2. The van der Waals surface area contributed by atoms with Gasteiger partial charge in [0, 0.05) is 13.0 Å². The van der Waals surface area contributed by atoms with Crippen LogP contribution >= 0.6 is 11.6 Å². The zero-order valence-corrected chi connectivity index (χ0v) is 17.3. The number of para-hydroxylation sites is 1. The lowest BCUT2D eigenvalue weighted by atomic mass is 10.1. The number of carbonyl (C=O) groups is 2. The molecule has 2 aromatic rings. The molecule has 154 valence electrons. The fraction of sp³-hybridized carbons (Fsp3) is 0.364. The second-order valence-electron chi connectivity index (χ2n) is 7.33. The molecule has 0 aliphatic carbocycles. The number of halogens is 1. The van der Waals surface area contributed by atoms with Crippen molar-refractivity contribution in [1.82, 2.24) is 5.32 Å². The summed E-state index contributed by atoms with van der Waals surface area (Å²) in [5.41, 5.74) is 1.61. The van der Waals surface area contributed by atoms with Gasteiger partial charge in [0.1, 0.15) is 0 Å². The van der Waals surface area contributed by atoms with Crippen LogP contribution in [0.15, 0.2) is 36.4 Å². The Balaban J connectivity index is 1.71. The van der Waals surface area contributed by atoms with E-state index < -0.39 is 0 Å². The van der Waals surface area contributed by atoms with Crippen molar-refractivity contribution in [2.45, 2.75) is 26.7 Å². The van der Waals surface area contributed by atoms with Crippen LogP contribution in [0.4, 0.5) is 5.69 Å². The molecule has 0 saturated carbocycles. The topological polar surface area (TPSA) is 76.7 Å². The Labute approximate surface area is 175 Å². The predicted molar refractivity (Wildman–Crippen MR) is 113 cm³/mol. The summed E-state index contributed by atoms with van der Waals surface area (Å²) in [6.07, 6.45) is 0.870. The van der Waals surface area contributed by atoms with Gasteiger partial charge in [0.15, 0.2) is 11.5 Å². The van der Waals surface area contributed by atoms with E-state index in [4.69, 9.17) is 21.1 Å². The van der Waals surface area contributed by atoms with Crippen molar-refractivity contribution in [3.05, 3.63) is 52.5 Å². The Morgan fingerprint density at radius 1 is 1.14 bits per heavy atom. The SMILES string of the molecule is CC(C)CNC(=O)c1ccccc1NC(=O)Cc1cc(Cl)c2c(c1)OCCCO2.